The van der Waals surface area contributed by atoms with E-state index in [1.807, 2.05) is 36.4 Å². The Balaban J connectivity index is 0.00000267. The van der Waals surface area contributed by atoms with Crippen LogP contribution in [0.15, 0.2) is 79.0 Å². The van der Waals surface area contributed by atoms with E-state index < -0.39 is 29.1 Å². The third-order valence-corrected chi connectivity index (χ3v) is 5.83. The van der Waals surface area contributed by atoms with Gasteiger partial charge in [0.25, 0.3) is 0 Å². The SMILES string of the molecule is Cl.Cl.O=C(Cc1nc(CCNC[C@H](O)c2ccccc2)cn1Cc1c(F)ccc(F)c1F)Nc1ccccc1. The fraction of sp³-hybridized carbons (Fsp3) is 0.214. The van der Waals surface area contributed by atoms with Gasteiger partial charge in [0.05, 0.1) is 24.8 Å². The van der Waals surface area contributed by atoms with Gasteiger partial charge in [-0.3, -0.25) is 4.79 Å². The molecule has 0 spiro atoms. The van der Waals surface area contributed by atoms with E-state index in [9.17, 15) is 23.1 Å². The summed E-state index contributed by atoms with van der Waals surface area (Å²) in [7, 11) is 0. The number of benzene rings is 3. The molecule has 39 heavy (non-hydrogen) atoms. The fourth-order valence-electron chi connectivity index (χ4n) is 3.91. The minimum Gasteiger partial charge on any atom is -0.387 e. The Labute approximate surface area is 237 Å². The first-order valence-electron chi connectivity index (χ1n) is 11.9. The average Bonchev–Trinajstić information content (AvgIpc) is 3.28. The minimum absolute atomic E-state index is 0. The first kappa shape index (κ1) is 31.8. The second-order valence-corrected chi connectivity index (χ2v) is 8.57. The molecule has 1 aromatic heterocycles. The van der Waals surface area contributed by atoms with E-state index in [2.05, 4.69) is 15.6 Å². The van der Waals surface area contributed by atoms with Crippen molar-refractivity contribution in [3.63, 3.8) is 0 Å². The van der Waals surface area contributed by atoms with Crippen LogP contribution in [0.1, 0.15) is 28.7 Å². The summed E-state index contributed by atoms with van der Waals surface area (Å²) in [5, 5.41) is 16.2. The van der Waals surface area contributed by atoms with Crippen molar-refractivity contribution in [1.29, 1.82) is 0 Å². The molecule has 0 aliphatic rings. The van der Waals surface area contributed by atoms with E-state index in [1.165, 1.54) is 4.57 Å². The standard InChI is InChI=1S/C28H27F3N4O2.2ClH/c29-23-11-12-24(30)28(31)22(23)18-35-17-21(13-14-32-16-25(36)19-7-3-1-4-8-19)33-26(35)15-27(37)34-20-9-5-2-6-10-20;;/h1-12,17,25,32,36H,13-16,18H2,(H,34,37);2*1H/t25-;;/m0../s1. The van der Waals surface area contributed by atoms with Crippen LogP contribution in [0, 0.1) is 17.5 Å². The van der Waals surface area contributed by atoms with Crippen molar-refractivity contribution < 1.29 is 23.1 Å². The molecule has 1 amide bonds. The largest absolute Gasteiger partial charge is 0.387 e. The number of nitrogens with zero attached hydrogens (tertiary/aromatic N) is 2. The van der Waals surface area contributed by atoms with Crippen molar-refractivity contribution in [2.75, 3.05) is 18.4 Å². The molecule has 0 bridgehead atoms. The van der Waals surface area contributed by atoms with E-state index in [4.69, 9.17) is 0 Å². The summed E-state index contributed by atoms with van der Waals surface area (Å²) in [5.74, 6) is -3.37. The predicted molar refractivity (Wildman–Crippen MR) is 149 cm³/mol. The van der Waals surface area contributed by atoms with Gasteiger partial charge in [0.1, 0.15) is 11.6 Å². The topological polar surface area (TPSA) is 79.2 Å². The first-order chi connectivity index (χ1) is 17.9. The van der Waals surface area contributed by atoms with Crippen molar-refractivity contribution >= 4 is 36.4 Å². The van der Waals surface area contributed by atoms with Gasteiger partial charge in [0, 0.05) is 37.0 Å². The van der Waals surface area contributed by atoms with Gasteiger partial charge in [0.2, 0.25) is 5.91 Å². The molecule has 11 heteroatoms. The summed E-state index contributed by atoms with van der Waals surface area (Å²) >= 11 is 0. The lowest BCUT2D eigenvalue weighted by Crippen LogP contribution is -2.23. The summed E-state index contributed by atoms with van der Waals surface area (Å²) in [5.41, 5.74) is 1.54. The van der Waals surface area contributed by atoms with Gasteiger partial charge in [-0.15, -0.1) is 24.8 Å². The van der Waals surface area contributed by atoms with Gasteiger partial charge in [-0.2, -0.15) is 0 Å². The zero-order valence-electron chi connectivity index (χ0n) is 20.8. The van der Waals surface area contributed by atoms with Crippen LogP contribution >= 0.6 is 24.8 Å². The van der Waals surface area contributed by atoms with Crippen molar-refractivity contribution in [1.82, 2.24) is 14.9 Å². The van der Waals surface area contributed by atoms with Crippen molar-refractivity contribution in [3.8, 4) is 0 Å². The monoisotopic (exact) mass is 580 g/mol. The van der Waals surface area contributed by atoms with Crippen molar-refractivity contribution in [3.05, 3.63) is 119 Å². The lowest BCUT2D eigenvalue weighted by Gasteiger charge is -2.11. The summed E-state index contributed by atoms with van der Waals surface area (Å²) < 4.78 is 43.9. The Morgan fingerprint density at radius 3 is 2.26 bits per heavy atom. The highest BCUT2D eigenvalue weighted by atomic mass is 35.5. The van der Waals surface area contributed by atoms with Crippen LogP contribution in [-0.2, 0) is 24.2 Å². The summed E-state index contributed by atoms with van der Waals surface area (Å²) in [6.07, 6.45) is 1.23. The highest BCUT2D eigenvalue weighted by Gasteiger charge is 2.18. The first-order valence-corrected chi connectivity index (χ1v) is 11.9. The molecule has 0 aliphatic heterocycles. The second-order valence-electron chi connectivity index (χ2n) is 8.57. The van der Waals surface area contributed by atoms with Crippen molar-refractivity contribution in [2.24, 2.45) is 0 Å². The quantitative estimate of drug-likeness (QED) is 0.167. The number of imidazole rings is 1. The Kier molecular flexibility index (Phi) is 12.5. The summed E-state index contributed by atoms with van der Waals surface area (Å²) in [4.78, 5) is 17.1. The van der Waals surface area contributed by atoms with Gasteiger partial charge in [0.15, 0.2) is 11.6 Å². The molecule has 208 valence electrons. The zero-order valence-corrected chi connectivity index (χ0v) is 22.5. The number of halogens is 5. The molecule has 4 rings (SSSR count). The van der Waals surface area contributed by atoms with Crippen molar-refractivity contribution in [2.45, 2.75) is 25.5 Å². The Bertz CT molecular complexity index is 1340. The summed E-state index contributed by atoms with van der Waals surface area (Å²) in [6.45, 7) is 0.479. The lowest BCUT2D eigenvalue weighted by atomic mass is 10.1. The van der Waals surface area contributed by atoms with Gasteiger partial charge in [-0.1, -0.05) is 48.5 Å². The van der Waals surface area contributed by atoms with Crippen LogP contribution in [0.3, 0.4) is 0 Å². The molecule has 0 radical (unpaired) electrons. The number of nitrogens with one attached hydrogen (secondary N) is 2. The van der Waals surface area contributed by atoms with Gasteiger partial charge in [-0.05, 0) is 29.8 Å². The molecular formula is C28H29Cl2F3N4O2. The molecule has 1 atom stereocenters. The summed E-state index contributed by atoms with van der Waals surface area (Å²) in [6, 6.07) is 19.7. The highest BCUT2D eigenvalue weighted by Crippen LogP contribution is 2.19. The maximum atomic E-state index is 14.3. The van der Waals surface area contributed by atoms with Crippen LogP contribution < -0.4 is 10.6 Å². The van der Waals surface area contributed by atoms with E-state index in [1.54, 1.807) is 30.5 Å². The van der Waals surface area contributed by atoms with Gasteiger partial charge >= 0.3 is 0 Å². The number of hydrogen-bond acceptors (Lipinski definition) is 4. The van der Waals surface area contributed by atoms with E-state index in [-0.39, 0.29) is 49.5 Å². The van der Waals surface area contributed by atoms with E-state index in [0.717, 1.165) is 17.7 Å². The second kappa shape index (κ2) is 15.3. The number of rotatable bonds is 11. The Morgan fingerprint density at radius 2 is 1.56 bits per heavy atom. The molecule has 0 aliphatic carbocycles. The zero-order chi connectivity index (χ0) is 26.2. The van der Waals surface area contributed by atoms with Crippen LogP contribution in [-0.4, -0.2) is 33.7 Å². The lowest BCUT2D eigenvalue weighted by molar-refractivity contribution is -0.115. The molecule has 0 fully saturated rings. The average molecular weight is 581 g/mol. The van der Waals surface area contributed by atoms with Gasteiger partial charge in [-0.25, -0.2) is 18.2 Å². The molecule has 6 nitrogen and oxygen atoms in total. The van der Waals surface area contributed by atoms with Crippen LogP contribution in [0.5, 0.6) is 0 Å². The van der Waals surface area contributed by atoms with Crippen LogP contribution in [0.2, 0.25) is 0 Å². The number of aromatic nitrogens is 2. The molecular weight excluding hydrogens is 552 g/mol. The Hall–Kier alpha value is -3.37. The normalized spacial score (nSPS) is 11.3. The van der Waals surface area contributed by atoms with E-state index >= 15 is 0 Å². The molecule has 0 saturated heterocycles. The van der Waals surface area contributed by atoms with Gasteiger partial charge < -0.3 is 20.3 Å². The number of aliphatic hydroxyl groups is 1. The van der Waals surface area contributed by atoms with Crippen LogP contribution in [0.25, 0.3) is 0 Å². The third-order valence-electron chi connectivity index (χ3n) is 5.83. The number of para-hydroxylation sites is 1. The minimum atomic E-state index is -1.27. The number of hydrogen-bond donors (Lipinski definition) is 3. The number of aliphatic hydroxyl groups excluding tert-OH is 1. The maximum Gasteiger partial charge on any atom is 0.231 e. The molecule has 4 aromatic rings. The molecule has 0 unspecified atom stereocenters. The Morgan fingerprint density at radius 1 is 0.923 bits per heavy atom. The smallest absolute Gasteiger partial charge is 0.231 e. The molecule has 3 aromatic carbocycles. The van der Waals surface area contributed by atoms with Crippen LogP contribution in [0.4, 0.5) is 18.9 Å². The fourth-order valence-corrected chi connectivity index (χ4v) is 3.91. The number of carbonyl (C=O) groups excluding carboxylic acids is 1. The number of amides is 1. The molecule has 3 N–H and O–H groups in total. The highest BCUT2D eigenvalue weighted by molar-refractivity contribution is 5.91. The third kappa shape index (κ3) is 8.83. The maximum absolute atomic E-state index is 14.3. The predicted octanol–water partition coefficient (Wildman–Crippen LogP) is 5.24. The number of carbonyl (C=O) groups is 1. The molecule has 0 saturated carbocycles. The molecule has 1 heterocycles. The number of anilines is 1. The van der Waals surface area contributed by atoms with E-state index in [0.29, 0.717) is 30.9 Å².